The number of carbonyl (C=O) groups is 2. The van der Waals surface area contributed by atoms with Crippen LogP contribution in [-0.4, -0.2) is 22.5 Å². The number of carboxylic acids is 1. The monoisotopic (exact) mass is 269 g/mol. The van der Waals surface area contributed by atoms with Crippen molar-refractivity contribution in [2.75, 3.05) is 0 Å². The van der Waals surface area contributed by atoms with Gasteiger partial charge in [0.1, 0.15) is 5.54 Å². The van der Waals surface area contributed by atoms with Crippen molar-refractivity contribution < 1.29 is 14.7 Å². The topological polar surface area (TPSA) is 66.4 Å². The molecule has 1 saturated carbocycles. The van der Waals surface area contributed by atoms with Crippen LogP contribution in [0.3, 0.4) is 0 Å². The third-order valence-corrected chi connectivity index (χ3v) is 3.73. The molecule has 0 heterocycles. The zero-order chi connectivity index (χ0) is 14.8. The Balaban J connectivity index is 2.52. The Morgan fingerprint density at radius 1 is 1.26 bits per heavy atom. The van der Waals surface area contributed by atoms with Crippen LogP contribution in [0.15, 0.2) is 0 Å². The molecule has 2 N–H and O–H groups in total. The molecule has 0 aliphatic heterocycles. The molecule has 2 unspecified atom stereocenters. The number of carboxylic acid groups (broad SMARTS) is 1. The average molecular weight is 269 g/mol. The van der Waals surface area contributed by atoms with Crippen molar-refractivity contribution in [2.45, 2.75) is 65.8 Å². The van der Waals surface area contributed by atoms with Gasteiger partial charge in [0.2, 0.25) is 5.91 Å². The second kappa shape index (κ2) is 5.51. The summed E-state index contributed by atoms with van der Waals surface area (Å²) in [6.07, 6.45) is 3.13. The van der Waals surface area contributed by atoms with E-state index in [0.29, 0.717) is 6.42 Å². The van der Waals surface area contributed by atoms with Gasteiger partial charge in [0.25, 0.3) is 0 Å². The van der Waals surface area contributed by atoms with Crippen LogP contribution in [0.1, 0.15) is 60.3 Å². The number of carbonyl (C=O) groups excluding carboxylic acids is 1. The van der Waals surface area contributed by atoms with Crippen LogP contribution in [0, 0.1) is 17.3 Å². The first-order valence-electron chi connectivity index (χ1n) is 7.09. The van der Waals surface area contributed by atoms with E-state index in [-0.39, 0.29) is 23.2 Å². The van der Waals surface area contributed by atoms with Gasteiger partial charge in [-0.05, 0) is 43.4 Å². The summed E-state index contributed by atoms with van der Waals surface area (Å²) in [6, 6.07) is 0. The molecular formula is C15H27NO3. The lowest BCUT2D eigenvalue weighted by Crippen LogP contribution is -2.54. The van der Waals surface area contributed by atoms with E-state index in [9.17, 15) is 14.7 Å². The zero-order valence-electron chi connectivity index (χ0n) is 12.7. The minimum Gasteiger partial charge on any atom is -0.480 e. The van der Waals surface area contributed by atoms with E-state index in [0.717, 1.165) is 19.3 Å². The van der Waals surface area contributed by atoms with Gasteiger partial charge in [-0.1, -0.05) is 27.7 Å². The van der Waals surface area contributed by atoms with E-state index in [4.69, 9.17) is 0 Å². The largest absolute Gasteiger partial charge is 0.480 e. The van der Waals surface area contributed by atoms with E-state index in [1.807, 2.05) is 6.92 Å². The van der Waals surface area contributed by atoms with E-state index >= 15 is 0 Å². The highest BCUT2D eigenvalue weighted by Crippen LogP contribution is 2.40. The molecule has 1 aliphatic rings. The van der Waals surface area contributed by atoms with Crippen LogP contribution < -0.4 is 5.32 Å². The molecule has 1 fully saturated rings. The summed E-state index contributed by atoms with van der Waals surface area (Å²) in [5.74, 6) is -0.718. The average Bonchev–Trinajstić information content (AvgIpc) is 2.95. The van der Waals surface area contributed by atoms with Crippen LogP contribution in [-0.2, 0) is 9.59 Å². The van der Waals surface area contributed by atoms with Gasteiger partial charge in [0.15, 0.2) is 0 Å². The minimum absolute atomic E-state index is 0.0897. The molecule has 2 atom stereocenters. The first-order chi connectivity index (χ1) is 8.54. The molecule has 4 nitrogen and oxygen atoms in total. The molecule has 0 aromatic carbocycles. The maximum absolute atomic E-state index is 12.0. The fraction of sp³-hybridized carbons (Fsp3) is 0.867. The summed E-state index contributed by atoms with van der Waals surface area (Å²) < 4.78 is 0. The maximum atomic E-state index is 12.0. The molecule has 4 heteroatoms. The summed E-state index contributed by atoms with van der Waals surface area (Å²) in [4.78, 5) is 23.4. The van der Waals surface area contributed by atoms with Gasteiger partial charge in [-0.3, -0.25) is 4.79 Å². The predicted octanol–water partition coefficient (Wildman–Crippen LogP) is 2.82. The first kappa shape index (κ1) is 16.0. The SMILES string of the molecule is CC(CC(=O)NC(C)(C(=O)O)C1CC1)CC(C)(C)C. The highest BCUT2D eigenvalue weighted by molar-refractivity contribution is 5.87. The van der Waals surface area contributed by atoms with Crippen molar-refractivity contribution in [3.63, 3.8) is 0 Å². The Morgan fingerprint density at radius 3 is 2.16 bits per heavy atom. The lowest BCUT2D eigenvalue weighted by Gasteiger charge is -2.28. The number of hydrogen-bond donors (Lipinski definition) is 2. The molecule has 0 bridgehead atoms. The van der Waals surface area contributed by atoms with Crippen LogP contribution in [0.2, 0.25) is 0 Å². The van der Waals surface area contributed by atoms with Crippen LogP contribution >= 0.6 is 0 Å². The van der Waals surface area contributed by atoms with Gasteiger partial charge in [0.05, 0.1) is 0 Å². The number of hydrogen-bond acceptors (Lipinski definition) is 2. The molecule has 0 aromatic heterocycles. The van der Waals surface area contributed by atoms with Gasteiger partial charge >= 0.3 is 5.97 Å². The second-order valence-electron chi connectivity index (χ2n) is 7.40. The Kier molecular flexibility index (Phi) is 4.64. The van der Waals surface area contributed by atoms with Crippen molar-refractivity contribution in [3.8, 4) is 0 Å². The number of aliphatic carboxylic acids is 1. The third-order valence-electron chi connectivity index (χ3n) is 3.73. The van der Waals surface area contributed by atoms with E-state index in [1.165, 1.54) is 0 Å². The van der Waals surface area contributed by atoms with Gasteiger partial charge in [-0.15, -0.1) is 0 Å². The summed E-state index contributed by atoms with van der Waals surface area (Å²) in [6.45, 7) is 10.1. The van der Waals surface area contributed by atoms with Crippen LogP contribution in [0.5, 0.6) is 0 Å². The van der Waals surface area contributed by atoms with Crippen LogP contribution in [0.4, 0.5) is 0 Å². The second-order valence-corrected chi connectivity index (χ2v) is 7.40. The third kappa shape index (κ3) is 4.84. The Labute approximate surface area is 116 Å². The first-order valence-corrected chi connectivity index (χ1v) is 7.09. The molecule has 1 rings (SSSR count). The van der Waals surface area contributed by atoms with Gasteiger partial charge in [-0.25, -0.2) is 4.79 Å². The minimum atomic E-state index is -1.08. The van der Waals surface area contributed by atoms with Crippen molar-refractivity contribution in [1.29, 1.82) is 0 Å². The van der Waals surface area contributed by atoms with Crippen molar-refractivity contribution in [3.05, 3.63) is 0 Å². The molecule has 0 radical (unpaired) electrons. The van der Waals surface area contributed by atoms with Crippen molar-refractivity contribution >= 4 is 11.9 Å². The lowest BCUT2D eigenvalue weighted by atomic mass is 9.84. The Morgan fingerprint density at radius 2 is 1.79 bits per heavy atom. The van der Waals surface area contributed by atoms with E-state index in [2.05, 4.69) is 26.1 Å². The Hall–Kier alpha value is -1.06. The molecule has 0 saturated heterocycles. The highest BCUT2D eigenvalue weighted by atomic mass is 16.4. The smallest absolute Gasteiger partial charge is 0.329 e. The van der Waals surface area contributed by atoms with Crippen molar-refractivity contribution in [2.24, 2.45) is 17.3 Å². The maximum Gasteiger partial charge on any atom is 0.329 e. The molecule has 1 amide bonds. The van der Waals surface area contributed by atoms with Gasteiger partial charge < -0.3 is 10.4 Å². The quantitative estimate of drug-likeness (QED) is 0.779. The summed E-state index contributed by atoms with van der Waals surface area (Å²) >= 11 is 0. The number of rotatable bonds is 6. The summed E-state index contributed by atoms with van der Waals surface area (Å²) in [5.41, 5.74) is -0.898. The van der Waals surface area contributed by atoms with Crippen molar-refractivity contribution in [1.82, 2.24) is 5.32 Å². The van der Waals surface area contributed by atoms with Crippen LogP contribution in [0.25, 0.3) is 0 Å². The predicted molar refractivity (Wildman–Crippen MR) is 74.8 cm³/mol. The summed E-state index contributed by atoms with van der Waals surface area (Å²) in [5, 5.41) is 12.0. The number of amides is 1. The van der Waals surface area contributed by atoms with Gasteiger partial charge in [-0.2, -0.15) is 0 Å². The molecule has 110 valence electrons. The normalized spacial score (nSPS) is 20.5. The molecule has 1 aliphatic carbocycles. The Bertz CT molecular complexity index is 355. The number of nitrogens with one attached hydrogen (secondary N) is 1. The highest BCUT2D eigenvalue weighted by Gasteiger charge is 2.48. The zero-order valence-corrected chi connectivity index (χ0v) is 12.7. The molecule has 0 spiro atoms. The summed E-state index contributed by atoms with van der Waals surface area (Å²) in [7, 11) is 0. The molecule has 0 aromatic rings. The standard InChI is InChI=1S/C15H27NO3/c1-10(9-14(2,3)4)8-12(17)16-15(5,13(18)19)11-6-7-11/h10-11H,6-9H2,1-5H3,(H,16,17)(H,18,19). The molecular weight excluding hydrogens is 242 g/mol. The fourth-order valence-corrected chi connectivity index (χ4v) is 2.77. The fourth-order valence-electron chi connectivity index (χ4n) is 2.77. The lowest BCUT2D eigenvalue weighted by molar-refractivity contribution is -0.148. The van der Waals surface area contributed by atoms with Gasteiger partial charge in [0, 0.05) is 6.42 Å². The van der Waals surface area contributed by atoms with E-state index in [1.54, 1.807) is 6.92 Å². The molecule has 19 heavy (non-hydrogen) atoms. The van der Waals surface area contributed by atoms with E-state index < -0.39 is 11.5 Å².